The molecule has 8 nitrogen and oxygen atoms in total. The largest absolute Gasteiger partial charge is 0.324 e. The molecule has 0 fully saturated rings. The molecule has 0 aliphatic rings. The van der Waals surface area contributed by atoms with Gasteiger partial charge in [-0.05, 0) is 30.7 Å². The Morgan fingerprint density at radius 1 is 1.25 bits per heavy atom. The van der Waals surface area contributed by atoms with Gasteiger partial charge in [-0.1, -0.05) is 36.2 Å². The molecule has 0 saturated heterocycles. The Balaban J connectivity index is 2.44. The van der Waals surface area contributed by atoms with Crippen molar-refractivity contribution in [3.8, 4) is 0 Å². The van der Waals surface area contributed by atoms with Gasteiger partial charge in [-0.15, -0.1) is 0 Å². The van der Waals surface area contributed by atoms with Gasteiger partial charge in [-0.3, -0.25) is 19.2 Å². The molecule has 0 aliphatic heterocycles. The van der Waals surface area contributed by atoms with Crippen molar-refractivity contribution in [2.24, 2.45) is 0 Å². The number of carbonyl (C=O) groups is 1. The van der Waals surface area contributed by atoms with Crippen LogP contribution < -0.4 is 9.62 Å². The summed E-state index contributed by atoms with van der Waals surface area (Å²) in [5.41, 5.74) is 0.0321. The van der Waals surface area contributed by atoms with E-state index < -0.39 is 26.9 Å². The lowest BCUT2D eigenvalue weighted by Crippen LogP contribution is -2.47. The van der Waals surface area contributed by atoms with Crippen molar-refractivity contribution in [2.45, 2.75) is 19.4 Å². The Bertz CT molecular complexity index is 1010. The number of nitrogens with one attached hydrogen (secondary N) is 1. The highest BCUT2D eigenvalue weighted by Gasteiger charge is 2.33. The van der Waals surface area contributed by atoms with Crippen molar-refractivity contribution in [1.29, 1.82) is 0 Å². The summed E-state index contributed by atoms with van der Waals surface area (Å²) in [6, 6.07) is 8.48. The van der Waals surface area contributed by atoms with Gasteiger partial charge in [-0.2, -0.15) is 0 Å². The molecule has 0 radical (unpaired) electrons. The summed E-state index contributed by atoms with van der Waals surface area (Å²) in [4.78, 5) is 23.1. The lowest BCUT2D eigenvalue weighted by Gasteiger charge is -2.30. The molecule has 2 rings (SSSR count). The Labute approximate surface area is 172 Å². The van der Waals surface area contributed by atoms with Crippen molar-refractivity contribution in [3.05, 3.63) is 62.6 Å². The van der Waals surface area contributed by atoms with Crippen LogP contribution in [0.25, 0.3) is 0 Å². The van der Waals surface area contributed by atoms with E-state index in [2.05, 4.69) is 5.32 Å². The van der Waals surface area contributed by atoms with E-state index in [1.807, 2.05) is 0 Å². The number of benzene rings is 2. The summed E-state index contributed by atoms with van der Waals surface area (Å²) in [5.74, 6) is -0.663. The van der Waals surface area contributed by atoms with Crippen LogP contribution in [-0.2, 0) is 14.8 Å². The number of carbonyl (C=O) groups excluding carboxylic acids is 1. The van der Waals surface area contributed by atoms with Crippen LogP contribution in [0.15, 0.2) is 42.5 Å². The fourth-order valence-electron chi connectivity index (χ4n) is 2.61. The molecule has 0 heterocycles. The molecule has 0 aromatic heterocycles. The molecule has 2 aromatic rings. The van der Waals surface area contributed by atoms with E-state index in [4.69, 9.17) is 23.2 Å². The maximum absolute atomic E-state index is 12.8. The average Bonchev–Trinajstić information content (AvgIpc) is 2.61. The van der Waals surface area contributed by atoms with E-state index in [1.54, 1.807) is 6.92 Å². The fourth-order valence-corrected chi connectivity index (χ4v) is 4.25. The highest BCUT2D eigenvalue weighted by atomic mass is 35.5. The fraction of sp³-hybridized carbons (Fsp3) is 0.235. The van der Waals surface area contributed by atoms with Crippen LogP contribution in [-0.4, -0.2) is 31.5 Å². The van der Waals surface area contributed by atoms with Crippen molar-refractivity contribution < 1.29 is 18.1 Å². The van der Waals surface area contributed by atoms with Gasteiger partial charge >= 0.3 is 0 Å². The van der Waals surface area contributed by atoms with Gasteiger partial charge in [0.1, 0.15) is 6.04 Å². The Morgan fingerprint density at radius 2 is 1.93 bits per heavy atom. The molecule has 28 heavy (non-hydrogen) atoms. The zero-order chi connectivity index (χ0) is 21.1. The van der Waals surface area contributed by atoms with Crippen molar-refractivity contribution in [2.75, 3.05) is 15.9 Å². The van der Waals surface area contributed by atoms with Gasteiger partial charge in [0.05, 0.1) is 21.9 Å². The monoisotopic (exact) mass is 445 g/mol. The van der Waals surface area contributed by atoms with Crippen LogP contribution in [0.2, 0.25) is 10.0 Å². The number of nitrogens with zero attached hydrogens (tertiary/aromatic N) is 2. The molecule has 0 saturated carbocycles. The predicted octanol–water partition coefficient (Wildman–Crippen LogP) is 4.08. The van der Waals surface area contributed by atoms with Gasteiger partial charge in [-0.25, -0.2) is 8.42 Å². The summed E-state index contributed by atoms with van der Waals surface area (Å²) in [7, 11) is -3.91. The third-order valence-corrected chi connectivity index (χ3v) is 5.52. The first kappa shape index (κ1) is 21.9. The van der Waals surface area contributed by atoms with E-state index >= 15 is 0 Å². The molecular formula is C17H17Cl2N3O5S. The molecule has 0 spiro atoms. The number of sulfonamides is 1. The van der Waals surface area contributed by atoms with Crippen LogP contribution in [0, 0.1) is 10.1 Å². The van der Waals surface area contributed by atoms with Gasteiger partial charge in [0.2, 0.25) is 15.9 Å². The Kier molecular flexibility index (Phi) is 6.87. The zero-order valence-electron chi connectivity index (χ0n) is 14.9. The van der Waals surface area contributed by atoms with Gasteiger partial charge in [0.25, 0.3) is 5.69 Å². The number of anilines is 2. The van der Waals surface area contributed by atoms with E-state index in [-0.39, 0.29) is 33.5 Å². The second kappa shape index (κ2) is 8.76. The summed E-state index contributed by atoms with van der Waals surface area (Å²) >= 11 is 12.1. The topological polar surface area (TPSA) is 110 Å². The number of nitro groups is 1. The normalized spacial score (nSPS) is 12.3. The highest BCUT2D eigenvalue weighted by molar-refractivity contribution is 7.92. The molecule has 0 bridgehead atoms. The number of halogens is 2. The Hall–Kier alpha value is -2.36. The van der Waals surface area contributed by atoms with Crippen LogP contribution in [0.5, 0.6) is 0 Å². The lowest BCUT2D eigenvalue weighted by molar-refractivity contribution is -0.384. The molecule has 1 N–H and O–H groups in total. The standard InChI is InChI=1S/C17H17Cl2N3O5S/c1-3-15(17(23)20-12-5-4-6-13(10-12)22(24)25)21(28(2,26)27)16-9-11(18)7-8-14(16)19/h4-10,15H,3H2,1-2H3,(H,20,23). The summed E-state index contributed by atoms with van der Waals surface area (Å²) in [6.07, 6.45) is 1.07. The third kappa shape index (κ3) is 5.12. The van der Waals surface area contributed by atoms with Gasteiger partial charge in [0, 0.05) is 22.8 Å². The van der Waals surface area contributed by atoms with Crippen LogP contribution in [0.4, 0.5) is 17.1 Å². The number of amides is 1. The maximum atomic E-state index is 12.8. The SMILES string of the molecule is CCC(C(=O)Nc1cccc([N+](=O)[O-])c1)N(c1cc(Cl)ccc1Cl)S(C)(=O)=O. The molecule has 11 heteroatoms. The number of non-ortho nitro benzene ring substituents is 1. The molecule has 2 aromatic carbocycles. The smallest absolute Gasteiger partial charge is 0.271 e. The third-order valence-electron chi connectivity index (χ3n) is 3.80. The minimum Gasteiger partial charge on any atom is -0.324 e. The van der Waals surface area contributed by atoms with Crippen LogP contribution >= 0.6 is 23.2 Å². The second-order valence-corrected chi connectivity index (χ2v) is 8.58. The van der Waals surface area contributed by atoms with Crippen molar-refractivity contribution in [3.63, 3.8) is 0 Å². The molecule has 1 atom stereocenters. The quantitative estimate of drug-likeness (QED) is 0.509. The molecular weight excluding hydrogens is 429 g/mol. The first-order chi connectivity index (χ1) is 13.0. The highest BCUT2D eigenvalue weighted by Crippen LogP contribution is 2.33. The predicted molar refractivity (Wildman–Crippen MR) is 110 cm³/mol. The molecule has 1 amide bonds. The molecule has 150 valence electrons. The summed E-state index contributed by atoms with van der Waals surface area (Å²) < 4.78 is 25.8. The molecule has 1 unspecified atom stereocenters. The zero-order valence-corrected chi connectivity index (χ0v) is 17.3. The maximum Gasteiger partial charge on any atom is 0.271 e. The number of nitro benzene ring substituents is 1. The minimum atomic E-state index is -3.91. The van der Waals surface area contributed by atoms with Gasteiger partial charge < -0.3 is 5.32 Å². The van der Waals surface area contributed by atoms with E-state index in [1.165, 1.54) is 42.5 Å². The average molecular weight is 446 g/mol. The minimum absolute atomic E-state index is 0.0673. The van der Waals surface area contributed by atoms with Crippen molar-refractivity contribution in [1.82, 2.24) is 0 Å². The first-order valence-corrected chi connectivity index (χ1v) is 10.6. The Morgan fingerprint density at radius 3 is 2.50 bits per heavy atom. The van der Waals surface area contributed by atoms with E-state index in [0.717, 1.165) is 10.6 Å². The van der Waals surface area contributed by atoms with E-state index in [9.17, 15) is 23.3 Å². The van der Waals surface area contributed by atoms with Crippen molar-refractivity contribution >= 4 is 56.2 Å². The van der Waals surface area contributed by atoms with Crippen LogP contribution in [0.1, 0.15) is 13.3 Å². The first-order valence-electron chi connectivity index (χ1n) is 8.04. The lowest BCUT2D eigenvalue weighted by atomic mass is 10.1. The number of rotatable bonds is 7. The summed E-state index contributed by atoms with van der Waals surface area (Å²) in [5, 5.41) is 13.8. The van der Waals surface area contributed by atoms with E-state index in [0.29, 0.717) is 0 Å². The number of hydrogen-bond acceptors (Lipinski definition) is 5. The molecule has 0 aliphatic carbocycles. The van der Waals surface area contributed by atoms with Gasteiger partial charge in [0.15, 0.2) is 0 Å². The second-order valence-electron chi connectivity index (χ2n) is 5.88. The van der Waals surface area contributed by atoms with Crippen LogP contribution in [0.3, 0.4) is 0 Å². The summed E-state index contributed by atoms with van der Waals surface area (Å²) in [6.45, 7) is 1.63. The number of hydrogen-bond donors (Lipinski definition) is 1.